The maximum atomic E-state index is 14.2. The van der Waals surface area contributed by atoms with Crippen molar-refractivity contribution < 1.29 is 18.3 Å². The van der Waals surface area contributed by atoms with Crippen LogP contribution in [-0.4, -0.2) is 14.2 Å². The third-order valence-corrected chi connectivity index (χ3v) is 4.42. The zero-order valence-corrected chi connectivity index (χ0v) is 13.6. The average molecular weight is 378 g/mol. The molecule has 21 heavy (non-hydrogen) atoms. The molecule has 0 bridgehead atoms. The van der Waals surface area contributed by atoms with Crippen LogP contribution in [-0.2, 0) is 0 Å². The topological polar surface area (TPSA) is 18.5 Å². The van der Waals surface area contributed by atoms with Gasteiger partial charge in [-0.25, -0.2) is 8.78 Å². The fourth-order valence-corrected chi connectivity index (χ4v) is 3.05. The van der Waals surface area contributed by atoms with Crippen molar-refractivity contribution in [2.75, 3.05) is 14.2 Å². The predicted molar refractivity (Wildman–Crippen MR) is 81.7 cm³/mol. The summed E-state index contributed by atoms with van der Waals surface area (Å²) < 4.78 is 37.9. The molecule has 0 amide bonds. The standard InChI is InChI=1S/C15H12BrClF2O2/c1-20-12-6-9(11(19)7-13(12)21-2)14(16)8-4-3-5-10(18)15(8)17/h3-7,14H,1-2H3. The highest BCUT2D eigenvalue weighted by Crippen LogP contribution is 2.41. The second kappa shape index (κ2) is 6.62. The van der Waals surface area contributed by atoms with Crippen molar-refractivity contribution in [3.8, 4) is 11.5 Å². The summed E-state index contributed by atoms with van der Waals surface area (Å²) in [5, 5.41) is -0.0476. The van der Waals surface area contributed by atoms with E-state index in [0.29, 0.717) is 11.3 Å². The second-order valence-corrected chi connectivity index (χ2v) is 5.53. The van der Waals surface area contributed by atoms with Crippen LogP contribution in [0.5, 0.6) is 11.5 Å². The Balaban J connectivity index is 2.53. The fraction of sp³-hybridized carbons (Fsp3) is 0.200. The molecule has 112 valence electrons. The molecule has 6 heteroatoms. The van der Waals surface area contributed by atoms with Crippen molar-refractivity contribution in [3.63, 3.8) is 0 Å². The van der Waals surface area contributed by atoms with Gasteiger partial charge in [-0.15, -0.1) is 0 Å². The molecule has 0 spiro atoms. The van der Waals surface area contributed by atoms with Crippen molar-refractivity contribution in [2.24, 2.45) is 0 Å². The third kappa shape index (κ3) is 3.14. The molecule has 0 aliphatic carbocycles. The van der Waals surface area contributed by atoms with Gasteiger partial charge >= 0.3 is 0 Å². The Morgan fingerprint density at radius 2 is 1.62 bits per heavy atom. The molecule has 0 aromatic heterocycles. The van der Waals surface area contributed by atoms with E-state index < -0.39 is 16.5 Å². The normalized spacial score (nSPS) is 12.1. The Labute approximate surface area is 134 Å². The molecule has 0 N–H and O–H groups in total. The van der Waals surface area contributed by atoms with Gasteiger partial charge in [-0.2, -0.15) is 0 Å². The number of benzene rings is 2. The summed E-state index contributed by atoms with van der Waals surface area (Å²) in [5.74, 6) is -0.399. The van der Waals surface area contributed by atoms with Crippen LogP contribution in [0.4, 0.5) is 8.78 Å². The Hall–Kier alpha value is -1.33. The van der Waals surface area contributed by atoms with Gasteiger partial charge in [0.05, 0.1) is 24.1 Å². The van der Waals surface area contributed by atoms with E-state index in [4.69, 9.17) is 21.1 Å². The van der Waals surface area contributed by atoms with E-state index in [1.165, 1.54) is 38.5 Å². The fourth-order valence-electron chi connectivity index (χ4n) is 1.95. The zero-order chi connectivity index (χ0) is 15.6. The van der Waals surface area contributed by atoms with E-state index in [-0.39, 0.29) is 16.3 Å². The predicted octanol–water partition coefficient (Wildman–Crippen LogP) is 5.12. The molecule has 2 rings (SSSR count). The van der Waals surface area contributed by atoms with Gasteiger partial charge in [-0.3, -0.25) is 0 Å². The molecule has 0 saturated carbocycles. The smallest absolute Gasteiger partial charge is 0.163 e. The van der Waals surface area contributed by atoms with Crippen LogP contribution in [0.3, 0.4) is 0 Å². The third-order valence-electron chi connectivity index (χ3n) is 3.03. The Kier molecular flexibility index (Phi) is 5.06. The summed E-state index contributed by atoms with van der Waals surface area (Å²) in [7, 11) is 2.88. The number of halogens is 4. The molecule has 1 atom stereocenters. The lowest BCUT2D eigenvalue weighted by molar-refractivity contribution is 0.351. The summed E-state index contributed by atoms with van der Waals surface area (Å²) in [5.41, 5.74) is 0.711. The van der Waals surface area contributed by atoms with Gasteiger partial charge in [0.2, 0.25) is 0 Å². The highest BCUT2D eigenvalue weighted by atomic mass is 79.9. The summed E-state index contributed by atoms with van der Waals surface area (Å²) in [4.78, 5) is -0.611. The van der Waals surface area contributed by atoms with Crippen molar-refractivity contribution in [1.29, 1.82) is 0 Å². The minimum Gasteiger partial charge on any atom is -0.493 e. The lowest BCUT2D eigenvalue weighted by atomic mass is 10.0. The van der Waals surface area contributed by atoms with E-state index in [1.54, 1.807) is 6.07 Å². The van der Waals surface area contributed by atoms with Gasteiger partial charge in [0.15, 0.2) is 11.5 Å². The SMILES string of the molecule is COc1cc(F)c(C(Br)c2cccc(F)c2Cl)cc1OC. The quantitative estimate of drug-likeness (QED) is 0.689. The summed E-state index contributed by atoms with van der Waals surface area (Å²) in [6.45, 7) is 0. The van der Waals surface area contributed by atoms with Gasteiger partial charge < -0.3 is 9.47 Å². The zero-order valence-electron chi connectivity index (χ0n) is 11.3. The lowest BCUT2D eigenvalue weighted by Crippen LogP contribution is -2.01. The molecule has 0 saturated heterocycles. The number of ether oxygens (including phenoxy) is 2. The van der Waals surface area contributed by atoms with Crippen molar-refractivity contribution >= 4 is 27.5 Å². The molecular formula is C15H12BrClF2O2. The first-order chi connectivity index (χ1) is 9.99. The van der Waals surface area contributed by atoms with E-state index in [0.717, 1.165) is 0 Å². The molecule has 2 aromatic rings. The first kappa shape index (κ1) is 16.0. The molecule has 0 heterocycles. The van der Waals surface area contributed by atoms with Gasteiger partial charge in [-0.1, -0.05) is 39.7 Å². The number of rotatable bonds is 4. The maximum Gasteiger partial charge on any atom is 0.163 e. The first-order valence-electron chi connectivity index (χ1n) is 5.99. The molecule has 0 radical (unpaired) electrons. The lowest BCUT2D eigenvalue weighted by Gasteiger charge is -2.16. The van der Waals surface area contributed by atoms with Crippen LogP contribution in [0, 0.1) is 11.6 Å². The molecule has 0 fully saturated rings. The largest absolute Gasteiger partial charge is 0.493 e. The van der Waals surface area contributed by atoms with Crippen LogP contribution in [0.25, 0.3) is 0 Å². The Morgan fingerprint density at radius 3 is 2.24 bits per heavy atom. The Bertz CT molecular complexity index is 664. The number of alkyl halides is 1. The number of hydrogen-bond donors (Lipinski definition) is 0. The summed E-state index contributed by atoms with van der Waals surface area (Å²) in [6, 6.07) is 7.10. The van der Waals surface area contributed by atoms with Crippen LogP contribution in [0.2, 0.25) is 5.02 Å². The maximum absolute atomic E-state index is 14.2. The van der Waals surface area contributed by atoms with Gasteiger partial charge in [-0.05, 0) is 17.7 Å². The van der Waals surface area contributed by atoms with Crippen LogP contribution in [0.1, 0.15) is 16.0 Å². The Morgan fingerprint density at radius 1 is 1.00 bits per heavy atom. The molecule has 2 aromatic carbocycles. The van der Waals surface area contributed by atoms with Crippen molar-refractivity contribution in [3.05, 3.63) is 58.1 Å². The molecular weight excluding hydrogens is 366 g/mol. The number of hydrogen-bond acceptors (Lipinski definition) is 2. The first-order valence-corrected chi connectivity index (χ1v) is 7.28. The minimum atomic E-state index is -0.611. The van der Waals surface area contributed by atoms with Crippen molar-refractivity contribution in [2.45, 2.75) is 4.83 Å². The van der Waals surface area contributed by atoms with E-state index in [2.05, 4.69) is 15.9 Å². The highest BCUT2D eigenvalue weighted by Gasteiger charge is 2.21. The molecule has 2 nitrogen and oxygen atoms in total. The molecule has 0 aliphatic rings. The highest BCUT2D eigenvalue weighted by molar-refractivity contribution is 9.09. The van der Waals surface area contributed by atoms with E-state index in [9.17, 15) is 8.78 Å². The molecule has 1 unspecified atom stereocenters. The summed E-state index contributed by atoms with van der Waals surface area (Å²) in [6.07, 6.45) is 0. The monoisotopic (exact) mass is 376 g/mol. The van der Waals surface area contributed by atoms with Crippen LogP contribution >= 0.6 is 27.5 Å². The van der Waals surface area contributed by atoms with Gasteiger partial charge in [0.1, 0.15) is 11.6 Å². The van der Waals surface area contributed by atoms with Crippen molar-refractivity contribution in [1.82, 2.24) is 0 Å². The molecule has 0 aliphatic heterocycles. The van der Waals surface area contributed by atoms with E-state index >= 15 is 0 Å². The van der Waals surface area contributed by atoms with Gasteiger partial charge in [0, 0.05) is 11.6 Å². The number of methoxy groups -OCH3 is 2. The van der Waals surface area contributed by atoms with Gasteiger partial charge in [0.25, 0.3) is 0 Å². The summed E-state index contributed by atoms with van der Waals surface area (Å²) >= 11 is 9.29. The second-order valence-electron chi connectivity index (χ2n) is 4.23. The average Bonchev–Trinajstić information content (AvgIpc) is 2.49. The van der Waals surface area contributed by atoms with Crippen LogP contribution < -0.4 is 9.47 Å². The van der Waals surface area contributed by atoms with Crippen LogP contribution in [0.15, 0.2) is 30.3 Å². The van der Waals surface area contributed by atoms with E-state index in [1.807, 2.05) is 0 Å². The minimum absolute atomic E-state index is 0.0476.